The second-order valence-corrected chi connectivity index (χ2v) is 7.12. The molecule has 2 heterocycles. The highest BCUT2D eigenvalue weighted by molar-refractivity contribution is 5.74. The van der Waals surface area contributed by atoms with Crippen molar-refractivity contribution in [2.75, 3.05) is 32.7 Å². The van der Waals surface area contributed by atoms with Gasteiger partial charge in [0.05, 0.1) is 0 Å². The van der Waals surface area contributed by atoms with Gasteiger partial charge in [-0.2, -0.15) is 0 Å². The van der Waals surface area contributed by atoms with Gasteiger partial charge in [0.1, 0.15) is 0 Å². The number of hydrogen-bond donors (Lipinski definition) is 1. The average molecular weight is 279 g/mol. The number of hydrogen-bond acceptors (Lipinski definition) is 2. The fraction of sp³-hybridized carbons (Fsp3) is 0.938. The van der Waals surface area contributed by atoms with Crippen molar-refractivity contribution in [3.05, 3.63) is 0 Å². The second-order valence-electron chi connectivity index (χ2n) is 7.12. The van der Waals surface area contributed by atoms with Crippen LogP contribution in [0, 0.1) is 11.8 Å². The summed E-state index contributed by atoms with van der Waals surface area (Å²) in [6, 6.07) is 0.831. The largest absolute Gasteiger partial charge is 0.324 e. The SMILES string of the molecule is CC1CCCN(C(=O)N(CC2CC2)CC2CCCN2)C1. The molecule has 0 radical (unpaired) electrons. The maximum Gasteiger partial charge on any atom is 0.320 e. The van der Waals surface area contributed by atoms with Crippen LogP contribution in [0.5, 0.6) is 0 Å². The third-order valence-corrected chi connectivity index (χ3v) is 4.98. The molecule has 0 bridgehead atoms. The highest BCUT2D eigenvalue weighted by atomic mass is 16.2. The molecular weight excluding hydrogens is 250 g/mol. The maximum atomic E-state index is 12.8. The Morgan fingerprint density at radius 1 is 1.20 bits per heavy atom. The third kappa shape index (κ3) is 3.66. The highest BCUT2D eigenvalue weighted by Gasteiger charge is 2.32. The van der Waals surface area contributed by atoms with Gasteiger partial charge in [-0.1, -0.05) is 6.92 Å². The Hall–Kier alpha value is -0.770. The first-order valence-corrected chi connectivity index (χ1v) is 8.49. The van der Waals surface area contributed by atoms with Crippen LogP contribution in [-0.4, -0.2) is 54.6 Å². The first-order chi connectivity index (χ1) is 9.72. The van der Waals surface area contributed by atoms with Crippen molar-refractivity contribution < 1.29 is 4.79 Å². The Labute approximate surface area is 122 Å². The Kier molecular flexibility index (Phi) is 4.49. The Morgan fingerprint density at radius 2 is 2.05 bits per heavy atom. The summed E-state index contributed by atoms with van der Waals surface area (Å²) in [5.41, 5.74) is 0. The molecule has 3 fully saturated rings. The molecule has 1 saturated carbocycles. The lowest BCUT2D eigenvalue weighted by atomic mass is 10.0. The molecule has 0 spiro atoms. The average Bonchev–Trinajstić information content (AvgIpc) is 3.11. The lowest BCUT2D eigenvalue weighted by Crippen LogP contribution is -2.51. The lowest BCUT2D eigenvalue weighted by molar-refractivity contribution is 0.126. The summed E-state index contributed by atoms with van der Waals surface area (Å²) in [6.45, 7) is 7.21. The molecule has 20 heavy (non-hydrogen) atoms. The molecule has 1 N–H and O–H groups in total. The standard InChI is InChI=1S/C16H29N3O/c1-13-4-3-9-18(10-13)16(20)19(11-14-6-7-14)12-15-5-2-8-17-15/h13-15,17H,2-12H2,1H3. The fourth-order valence-corrected chi connectivity index (χ4v) is 3.58. The van der Waals surface area contributed by atoms with Crippen LogP contribution < -0.4 is 5.32 Å². The summed E-state index contributed by atoms with van der Waals surface area (Å²) in [6.07, 6.45) is 7.57. The van der Waals surface area contributed by atoms with Crippen LogP contribution in [0.4, 0.5) is 4.79 Å². The van der Waals surface area contributed by atoms with Crippen LogP contribution in [0.1, 0.15) is 45.4 Å². The molecule has 1 aliphatic carbocycles. The number of likely N-dealkylation sites (tertiary alicyclic amines) is 1. The summed E-state index contributed by atoms with van der Waals surface area (Å²) >= 11 is 0. The van der Waals surface area contributed by atoms with E-state index >= 15 is 0 Å². The molecule has 4 heteroatoms. The number of amides is 2. The van der Waals surface area contributed by atoms with Crippen molar-refractivity contribution in [1.82, 2.24) is 15.1 Å². The number of nitrogens with zero attached hydrogens (tertiary/aromatic N) is 2. The molecule has 114 valence electrons. The second kappa shape index (κ2) is 6.33. The van der Waals surface area contributed by atoms with E-state index in [1.165, 1.54) is 38.5 Å². The van der Waals surface area contributed by atoms with Crippen LogP contribution in [0.15, 0.2) is 0 Å². The lowest BCUT2D eigenvalue weighted by Gasteiger charge is -2.36. The minimum atomic E-state index is 0.303. The van der Waals surface area contributed by atoms with E-state index in [2.05, 4.69) is 22.0 Å². The van der Waals surface area contributed by atoms with Gasteiger partial charge in [0.2, 0.25) is 0 Å². The summed E-state index contributed by atoms with van der Waals surface area (Å²) in [5, 5.41) is 3.53. The Morgan fingerprint density at radius 3 is 2.70 bits per heavy atom. The highest BCUT2D eigenvalue weighted by Crippen LogP contribution is 2.30. The van der Waals surface area contributed by atoms with Crippen LogP contribution in [0.3, 0.4) is 0 Å². The van der Waals surface area contributed by atoms with E-state index in [0.29, 0.717) is 18.0 Å². The van der Waals surface area contributed by atoms with Crippen molar-refractivity contribution in [3.8, 4) is 0 Å². The number of carbonyl (C=O) groups is 1. The van der Waals surface area contributed by atoms with E-state index < -0.39 is 0 Å². The molecule has 2 amide bonds. The summed E-state index contributed by atoms with van der Waals surface area (Å²) < 4.78 is 0. The zero-order valence-electron chi connectivity index (χ0n) is 12.8. The zero-order chi connectivity index (χ0) is 13.9. The van der Waals surface area contributed by atoms with Crippen LogP contribution >= 0.6 is 0 Å². The maximum absolute atomic E-state index is 12.8. The molecule has 2 saturated heterocycles. The molecule has 2 unspecified atom stereocenters. The predicted molar refractivity (Wildman–Crippen MR) is 80.7 cm³/mol. The first-order valence-electron chi connectivity index (χ1n) is 8.49. The van der Waals surface area contributed by atoms with E-state index in [9.17, 15) is 4.79 Å². The van der Waals surface area contributed by atoms with Gasteiger partial charge in [-0.05, 0) is 56.9 Å². The zero-order valence-corrected chi connectivity index (χ0v) is 12.8. The van der Waals surface area contributed by atoms with Gasteiger partial charge < -0.3 is 15.1 Å². The topological polar surface area (TPSA) is 35.6 Å². The normalized spacial score (nSPS) is 30.6. The molecule has 0 aromatic carbocycles. The molecule has 4 nitrogen and oxygen atoms in total. The monoisotopic (exact) mass is 279 g/mol. The minimum absolute atomic E-state index is 0.303. The molecule has 2 aliphatic heterocycles. The van der Waals surface area contributed by atoms with Crippen molar-refractivity contribution in [3.63, 3.8) is 0 Å². The van der Waals surface area contributed by atoms with Crippen molar-refractivity contribution in [2.24, 2.45) is 11.8 Å². The summed E-state index contributed by atoms with van der Waals surface area (Å²) in [4.78, 5) is 17.1. The molecule has 2 atom stereocenters. The number of urea groups is 1. The molecular formula is C16H29N3O. The van der Waals surface area contributed by atoms with Crippen LogP contribution in [0.25, 0.3) is 0 Å². The molecule has 3 rings (SSSR count). The van der Waals surface area contributed by atoms with E-state index in [1.54, 1.807) is 0 Å². The van der Waals surface area contributed by atoms with Crippen molar-refractivity contribution in [1.29, 1.82) is 0 Å². The van der Waals surface area contributed by atoms with Gasteiger partial charge in [-0.25, -0.2) is 4.79 Å². The molecule has 0 aromatic rings. The molecule has 0 aromatic heterocycles. The first kappa shape index (κ1) is 14.2. The van der Waals surface area contributed by atoms with Gasteiger partial charge >= 0.3 is 6.03 Å². The van der Waals surface area contributed by atoms with Crippen molar-refractivity contribution >= 4 is 6.03 Å². The quantitative estimate of drug-likeness (QED) is 0.857. The number of piperidine rings is 1. The van der Waals surface area contributed by atoms with Crippen molar-refractivity contribution in [2.45, 2.75) is 51.5 Å². The summed E-state index contributed by atoms with van der Waals surface area (Å²) in [5.74, 6) is 1.45. The van der Waals surface area contributed by atoms with Gasteiger partial charge in [0.15, 0.2) is 0 Å². The van der Waals surface area contributed by atoms with Crippen LogP contribution in [-0.2, 0) is 0 Å². The van der Waals surface area contributed by atoms with E-state index in [-0.39, 0.29) is 0 Å². The Balaban J connectivity index is 1.58. The van der Waals surface area contributed by atoms with Gasteiger partial charge in [-0.3, -0.25) is 0 Å². The van der Waals surface area contributed by atoms with E-state index in [1.807, 2.05) is 0 Å². The van der Waals surface area contributed by atoms with Crippen LogP contribution in [0.2, 0.25) is 0 Å². The number of nitrogens with one attached hydrogen (secondary N) is 1. The fourth-order valence-electron chi connectivity index (χ4n) is 3.58. The van der Waals surface area contributed by atoms with E-state index in [4.69, 9.17) is 0 Å². The van der Waals surface area contributed by atoms with E-state index in [0.717, 1.165) is 38.6 Å². The summed E-state index contributed by atoms with van der Waals surface area (Å²) in [7, 11) is 0. The smallest absolute Gasteiger partial charge is 0.320 e. The third-order valence-electron chi connectivity index (χ3n) is 4.98. The van der Waals surface area contributed by atoms with Gasteiger partial charge in [0, 0.05) is 32.2 Å². The Bertz CT molecular complexity index is 337. The molecule has 3 aliphatic rings. The number of rotatable bonds is 4. The predicted octanol–water partition coefficient (Wildman–Crippen LogP) is 2.30. The van der Waals surface area contributed by atoms with Gasteiger partial charge in [-0.15, -0.1) is 0 Å². The van der Waals surface area contributed by atoms with Gasteiger partial charge in [0.25, 0.3) is 0 Å². The number of carbonyl (C=O) groups excluding carboxylic acids is 1. The minimum Gasteiger partial charge on any atom is -0.324 e.